The molecule has 1 aliphatic heterocycles. The summed E-state index contributed by atoms with van der Waals surface area (Å²) >= 11 is 0. The van der Waals surface area contributed by atoms with E-state index in [4.69, 9.17) is 5.73 Å². The Morgan fingerprint density at radius 2 is 1.68 bits per heavy atom. The largest absolute Gasteiger partial charge is 0.329 e. The lowest BCUT2D eigenvalue weighted by Gasteiger charge is -2.26. The van der Waals surface area contributed by atoms with Crippen LogP contribution in [0.2, 0.25) is 0 Å². The van der Waals surface area contributed by atoms with Gasteiger partial charge in [-0.2, -0.15) is 8.61 Å². The molecule has 0 radical (unpaired) electrons. The average molecular weight is 412 g/mol. The Morgan fingerprint density at radius 1 is 1.12 bits per heavy atom. The van der Waals surface area contributed by atoms with Gasteiger partial charge < -0.3 is 5.73 Å². The third kappa shape index (κ3) is 4.72. The summed E-state index contributed by atoms with van der Waals surface area (Å²) in [5.41, 5.74) is 5.54. The smallest absolute Gasteiger partial charge is 0.243 e. The van der Waals surface area contributed by atoms with Crippen LogP contribution in [0.3, 0.4) is 0 Å². The summed E-state index contributed by atoms with van der Waals surface area (Å²) in [6, 6.07) is 5.17. The molecule has 1 aromatic carbocycles. The average Bonchev–Trinajstić information content (AvgIpc) is 2.61. The number of halogens is 1. The van der Waals surface area contributed by atoms with Crippen molar-refractivity contribution in [1.82, 2.24) is 8.61 Å². The standard InChI is InChI=1S/C15H25N3O4S2.ClH/c1-13(12-16)17(2)23(19,20)14-7-6-8-15(11-14)24(21,22)18-9-4-3-5-10-18;/h6-8,11,13H,3-5,9-10,12,16H2,1-2H3;1H. The summed E-state index contributed by atoms with van der Waals surface area (Å²) in [4.78, 5) is -0.0253. The van der Waals surface area contributed by atoms with Crippen LogP contribution in [0.5, 0.6) is 0 Å². The highest BCUT2D eigenvalue weighted by Crippen LogP contribution is 2.24. The van der Waals surface area contributed by atoms with Crippen molar-refractivity contribution in [2.75, 3.05) is 26.7 Å². The fraction of sp³-hybridized carbons (Fsp3) is 0.600. The molecule has 0 aliphatic carbocycles. The number of benzene rings is 1. The first-order valence-corrected chi connectivity index (χ1v) is 10.9. The molecule has 1 atom stereocenters. The third-order valence-corrected chi connectivity index (χ3v) is 8.26. The Morgan fingerprint density at radius 3 is 2.24 bits per heavy atom. The maximum atomic E-state index is 12.7. The third-order valence-electron chi connectivity index (χ3n) is 4.40. The van der Waals surface area contributed by atoms with Crippen LogP contribution in [0, 0.1) is 0 Å². The van der Waals surface area contributed by atoms with E-state index in [1.807, 2.05) is 0 Å². The van der Waals surface area contributed by atoms with Crippen LogP contribution in [-0.4, -0.2) is 58.2 Å². The van der Waals surface area contributed by atoms with Crippen LogP contribution >= 0.6 is 12.4 Å². The highest BCUT2D eigenvalue weighted by Gasteiger charge is 2.29. The van der Waals surface area contributed by atoms with Gasteiger partial charge in [-0.25, -0.2) is 16.8 Å². The van der Waals surface area contributed by atoms with Gasteiger partial charge in [-0.3, -0.25) is 0 Å². The lowest BCUT2D eigenvalue weighted by atomic mass is 10.2. The van der Waals surface area contributed by atoms with E-state index in [0.717, 1.165) is 19.3 Å². The lowest BCUT2D eigenvalue weighted by molar-refractivity contribution is 0.346. The van der Waals surface area contributed by atoms with Crippen molar-refractivity contribution in [2.24, 2.45) is 5.73 Å². The van der Waals surface area contributed by atoms with Gasteiger partial charge in [0.05, 0.1) is 9.79 Å². The van der Waals surface area contributed by atoms with Gasteiger partial charge in [0.25, 0.3) is 0 Å². The Hall–Kier alpha value is -0.710. The first-order valence-electron chi connectivity index (χ1n) is 7.99. The van der Waals surface area contributed by atoms with Gasteiger partial charge in [-0.05, 0) is 38.0 Å². The number of likely N-dealkylation sites (N-methyl/N-ethyl adjacent to an activating group) is 1. The van der Waals surface area contributed by atoms with Crippen molar-refractivity contribution < 1.29 is 16.8 Å². The molecule has 1 unspecified atom stereocenters. The molecular weight excluding hydrogens is 386 g/mol. The molecule has 144 valence electrons. The highest BCUT2D eigenvalue weighted by molar-refractivity contribution is 7.90. The zero-order chi connectivity index (χ0) is 18.0. The molecule has 1 saturated heterocycles. The first-order chi connectivity index (χ1) is 11.2. The minimum absolute atomic E-state index is 0. The zero-order valence-electron chi connectivity index (χ0n) is 14.5. The van der Waals surface area contributed by atoms with E-state index < -0.39 is 20.0 Å². The van der Waals surface area contributed by atoms with E-state index in [9.17, 15) is 16.8 Å². The molecule has 0 saturated carbocycles. The van der Waals surface area contributed by atoms with E-state index in [2.05, 4.69) is 0 Å². The topological polar surface area (TPSA) is 101 Å². The van der Waals surface area contributed by atoms with Crippen molar-refractivity contribution in [3.8, 4) is 0 Å². The number of sulfonamides is 2. The maximum Gasteiger partial charge on any atom is 0.243 e. The molecule has 1 fully saturated rings. The van der Waals surface area contributed by atoms with Gasteiger partial charge in [0.1, 0.15) is 0 Å². The van der Waals surface area contributed by atoms with Gasteiger partial charge in [0.15, 0.2) is 0 Å². The normalized spacial score (nSPS) is 17.9. The van der Waals surface area contributed by atoms with Crippen LogP contribution in [0.4, 0.5) is 0 Å². The second kappa shape index (κ2) is 8.79. The minimum Gasteiger partial charge on any atom is -0.329 e. The molecule has 2 N–H and O–H groups in total. The Kier molecular flexibility index (Phi) is 7.85. The monoisotopic (exact) mass is 411 g/mol. The highest BCUT2D eigenvalue weighted by atomic mass is 35.5. The van der Waals surface area contributed by atoms with Crippen LogP contribution < -0.4 is 5.73 Å². The number of hydrogen-bond donors (Lipinski definition) is 1. The van der Waals surface area contributed by atoms with E-state index in [1.165, 1.54) is 39.9 Å². The van der Waals surface area contributed by atoms with E-state index in [-0.39, 0.29) is 34.8 Å². The van der Waals surface area contributed by atoms with Crippen molar-refractivity contribution >= 4 is 32.5 Å². The first kappa shape index (κ1) is 22.3. The molecule has 10 heteroatoms. The predicted molar refractivity (Wildman–Crippen MR) is 99.8 cm³/mol. The Bertz CT molecular complexity index is 730. The van der Waals surface area contributed by atoms with Crippen LogP contribution in [0.25, 0.3) is 0 Å². The molecule has 1 aromatic rings. The molecule has 2 rings (SSSR count). The van der Waals surface area contributed by atoms with Gasteiger partial charge in [-0.15, -0.1) is 12.4 Å². The molecule has 1 heterocycles. The van der Waals surface area contributed by atoms with Gasteiger partial charge in [0, 0.05) is 32.7 Å². The summed E-state index contributed by atoms with van der Waals surface area (Å²) in [5.74, 6) is 0. The summed E-state index contributed by atoms with van der Waals surface area (Å²) in [6.45, 7) is 2.83. The van der Waals surface area contributed by atoms with E-state index in [0.29, 0.717) is 13.1 Å². The number of hydrogen-bond acceptors (Lipinski definition) is 5. The number of nitrogens with two attached hydrogens (primary N) is 1. The molecule has 0 spiro atoms. The van der Waals surface area contributed by atoms with Gasteiger partial charge in [0.2, 0.25) is 20.0 Å². The maximum absolute atomic E-state index is 12.7. The van der Waals surface area contributed by atoms with E-state index >= 15 is 0 Å². The second-order valence-corrected chi connectivity index (χ2v) is 9.98. The second-order valence-electron chi connectivity index (χ2n) is 6.05. The zero-order valence-corrected chi connectivity index (χ0v) is 16.9. The molecule has 0 amide bonds. The number of rotatable bonds is 6. The molecule has 1 aliphatic rings. The SMILES string of the molecule is CC(CN)N(C)S(=O)(=O)c1cccc(S(=O)(=O)N2CCCCC2)c1.Cl. The summed E-state index contributed by atoms with van der Waals surface area (Å²) in [6.07, 6.45) is 2.67. The molecule has 7 nitrogen and oxygen atoms in total. The van der Waals surface area contributed by atoms with Gasteiger partial charge >= 0.3 is 0 Å². The summed E-state index contributed by atoms with van der Waals surface area (Å²) in [7, 11) is -6.02. The molecular formula is C15H26ClN3O4S2. The van der Waals surface area contributed by atoms with Crippen LogP contribution in [0.1, 0.15) is 26.2 Å². The van der Waals surface area contributed by atoms with Crippen molar-refractivity contribution in [3.05, 3.63) is 24.3 Å². The van der Waals surface area contributed by atoms with Gasteiger partial charge in [-0.1, -0.05) is 12.5 Å². The van der Waals surface area contributed by atoms with Crippen LogP contribution in [-0.2, 0) is 20.0 Å². The molecule has 25 heavy (non-hydrogen) atoms. The van der Waals surface area contributed by atoms with Crippen LogP contribution in [0.15, 0.2) is 34.1 Å². The number of piperidine rings is 1. The lowest BCUT2D eigenvalue weighted by Crippen LogP contribution is -2.39. The predicted octanol–water partition coefficient (Wildman–Crippen LogP) is 1.25. The van der Waals surface area contributed by atoms with Crippen molar-refractivity contribution in [2.45, 2.75) is 42.0 Å². The van der Waals surface area contributed by atoms with E-state index in [1.54, 1.807) is 6.92 Å². The molecule has 0 bridgehead atoms. The fourth-order valence-corrected chi connectivity index (χ4v) is 5.66. The van der Waals surface area contributed by atoms with Crippen molar-refractivity contribution in [1.29, 1.82) is 0 Å². The fourth-order valence-electron chi connectivity index (χ4n) is 2.60. The summed E-state index contributed by atoms with van der Waals surface area (Å²) < 4.78 is 53.3. The summed E-state index contributed by atoms with van der Waals surface area (Å²) in [5, 5.41) is 0. The quantitative estimate of drug-likeness (QED) is 0.759. The molecule has 0 aromatic heterocycles. The Labute approximate surface area is 156 Å². The Balaban J connectivity index is 0.00000312. The minimum atomic E-state index is -3.79. The van der Waals surface area contributed by atoms with Crippen molar-refractivity contribution in [3.63, 3.8) is 0 Å². The number of nitrogens with zero attached hydrogens (tertiary/aromatic N) is 2.